The van der Waals surface area contributed by atoms with E-state index in [2.05, 4.69) is 33.7 Å². The van der Waals surface area contributed by atoms with E-state index >= 15 is 0 Å². The molecule has 0 aliphatic carbocycles. The van der Waals surface area contributed by atoms with Crippen LogP contribution in [0.5, 0.6) is 0 Å². The maximum Gasteiger partial charge on any atom is 0.215 e. The Bertz CT molecular complexity index is 985. The zero-order chi connectivity index (χ0) is 17.6. The molecule has 1 saturated heterocycles. The van der Waals surface area contributed by atoms with Crippen LogP contribution < -0.4 is 5.43 Å². The Kier molecular flexibility index (Phi) is 4.12. The van der Waals surface area contributed by atoms with Gasteiger partial charge in [-0.2, -0.15) is 5.10 Å². The second kappa shape index (κ2) is 6.30. The van der Waals surface area contributed by atoms with E-state index in [4.69, 9.17) is 0 Å². The fourth-order valence-electron chi connectivity index (χ4n) is 4.24. The smallest absolute Gasteiger partial charge is 0.215 e. The van der Waals surface area contributed by atoms with Crippen molar-refractivity contribution in [3.8, 4) is 0 Å². The van der Waals surface area contributed by atoms with Crippen molar-refractivity contribution in [3.63, 3.8) is 0 Å². The number of aromatic nitrogens is 3. The van der Waals surface area contributed by atoms with Gasteiger partial charge in [-0.15, -0.1) is 0 Å². The van der Waals surface area contributed by atoms with E-state index in [1.165, 1.54) is 25.8 Å². The second-order valence-electron chi connectivity index (χ2n) is 7.42. The van der Waals surface area contributed by atoms with Gasteiger partial charge >= 0.3 is 0 Å². The number of hydrogen-bond donors (Lipinski definition) is 0. The maximum absolute atomic E-state index is 12.9. The third-order valence-electron chi connectivity index (χ3n) is 5.72. The molecule has 2 aromatic heterocycles. The topological polar surface area (TPSA) is 43.1 Å². The average molecular weight is 338 g/mol. The number of nitrogens with zero attached hydrogens (tertiary/aromatic N) is 4. The number of rotatable bonds is 3. The number of benzene rings is 1. The Morgan fingerprint density at radius 3 is 2.84 bits per heavy atom. The molecule has 0 radical (unpaired) electrons. The number of aryl methyl sites for hydroxylation is 3. The summed E-state index contributed by atoms with van der Waals surface area (Å²) in [5.74, 6) is 0. The fourth-order valence-corrected chi connectivity index (χ4v) is 4.24. The van der Waals surface area contributed by atoms with E-state index in [0.717, 1.165) is 34.9 Å². The molecule has 1 aromatic carbocycles. The summed E-state index contributed by atoms with van der Waals surface area (Å²) in [6.07, 6.45) is 6.83. The summed E-state index contributed by atoms with van der Waals surface area (Å²) in [7, 11) is 4.08. The van der Waals surface area contributed by atoms with Gasteiger partial charge in [0, 0.05) is 25.0 Å². The summed E-state index contributed by atoms with van der Waals surface area (Å²) < 4.78 is 4.00. The summed E-state index contributed by atoms with van der Waals surface area (Å²) in [5.41, 5.74) is 3.87. The number of hydrogen-bond acceptors (Lipinski definition) is 3. The highest BCUT2D eigenvalue weighted by molar-refractivity contribution is 5.92. The molecule has 3 heterocycles. The lowest BCUT2D eigenvalue weighted by Gasteiger charge is -2.32. The molecule has 1 fully saturated rings. The molecule has 1 atom stereocenters. The van der Waals surface area contributed by atoms with Crippen LogP contribution in [-0.4, -0.2) is 38.9 Å². The number of pyridine rings is 1. The molecule has 1 aliphatic heterocycles. The van der Waals surface area contributed by atoms with Crippen LogP contribution in [0.4, 0.5) is 0 Å². The van der Waals surface area contributed by atoms with Gasteiger partial charge in [-0.1, -0.05) is 18.1 Å². The SMILES string of the molecule is Cc1ccc2c(c1)c(=O)c1c(cnn1C)n2CCC1CCCCN1C. The average Bonchev–Trinajstić information content (AvgIpc) is 2.98. The largest absolute Gasteiger partial charge is 0.338 e. The van der Waals surface area contributed by atoms with Gasteiger partial charge in [0.15, 0.2) is 0 Å². The predicted molar refractivity (Wildman–Crippen MR) is 102 cm³/mol. The first-order valence-corrected chi connectivity index (χ1v) is 9.21. The van der Waals surface area contributed by atoms with Crippen LogP contribution in [0, 0.1) is 6.92 Å². The van der Waals surface area contributed by atoms with Crippen molar-refractivity contribution in [2.45, 2.75) is 45.2 Å². The van der Waals surface area contributed by atoms with Gasteiger partial charge in [0.1, 0.15) is 5.52 Å². The number of piperidine rings is 1. The molecular formula is C20H26N4O. The van der Waals surface area contributed by atoms with Crippen molar-refractivity contribution < 1.29 is 0 Å². The van der Waals surface area contributed by atoms with Gasteiger partial charge in [-0.25, -0.2) is 0 Å². The van der Waals surface area contributed by atoms with E-state index in [9.17, 15) is 4.79 Å². The van der Waals surface area contributed by atoms with Crippen LogP contribution in [0.1, 0.15) is 31.2 Å². The minimum atomic E-state index is 0.0831. The molecule has 1 aliphatic rings. The number of fused-ring (bicyclic) bond motifs is 2. The third kappa shape index (κ3) is 2.76. The predicted octanol–water partition coefficient (Wildman–Crippen LogP) is 3.07. The van der Waals surface area contributed by atoms with Crippen molar-refractivity contribution in [2.24, 2.45) is 7.05 Å². The molecule has 5 nitrogen and oxygen atoms in total. The molecule has 0 amide bonds. The lowest BCUT2D eigenvalue weighted by atomic mass is 10.00. The molecular weight excluding hydrogens is 312 g/mol. The first kappa shape index (κ1) is 16.3. The van der Waals surface area contributed by atoms with Crippen molar-refractivity contribution in [1.82, 2.24) is 19.2 Å². The Morgan fingerprint density at radius 1 is 1.20 bits per heavy atom. The highest BCUT2D eigenvalue weighted by atomic mass is 16.1. The minimum absolute atomic E-state index is 0.0831. The summed E-state index contributed by atoms with van der Waals surface area (Å²) in [4.78, 5) is 15.4. The zero-order valence-electron chi connectivity index (χ0n) is 15.3. The molecule has 1 unspecified atom stereocenters. The van der Waals surface area contributed by atoms with Gasteiger partial charge in [0.2, 0.25) is 5.43 Å². The Hall–Kier alpha value is -2.14. The van der Waals surface area contributed by atoms with Crippen molar-refractivity contribution in [2.75, 3.05) is 13.6 Å². The second-order valence-corrected chi connectivity index (χ2v) is 7.42. The van der Waals surface area contributed by atoms with Crippen LogP contribution in [0.15, 0.2) is 29.2 Å². The standard InChI is InChI=1S/C20H26N4O/c1-14-7-8-17-16(12-14)20(25)19-18(13-21-23(19)3)24(17)11-9-15-6-4-5-10-22(15)2/h7-8,12-13,15H,4-6,9-11H2,1-3H3. The van der Waals surface area contributed by atoms with E-state index < -0.39 is 0 Å². The zero-order valence-corrected chi connectivity index (χ0v) is 15.3. The summed E-state index contributed by atoms with van der Waals surface area (Å²) >= 11 is 0. The van der Waals surface area contributed by atoms with E-state index in [-0.39, 0.29) is 5.43 Å². The molecule has 0 saturated carbocycles. The third-order valence-corrected chi connectivity index (χ3v) is 5.72. The minimum Gasteiger partial charge on any atom is -0.338 e. The van der Waals surface area contributed by atoms with Gasteiger partial charge < -0.3 is 9.47 Å². The van der Waals surface area contributed by atoms with Crippen LogP contribution in [-0.2, 0) is 13.6 Å². The highest BCUT2D eigenvalue weighted by Gasteiger charge is 2.20. The molecule has 0 N–H and O–H groups in total. The van der Waals surface area contributed by atoms with E-state index in [1.807, 2.05) is 26.2 Å². The highest BCUT2D eigenvalue weighted by Crippen LogP contribution is 2.23. The van der Waals surface area contributed by atoms with Crippen LogP contribution in [0.2, 0.25) is 0 Å². The molecule has 0 bridgehead atoms. The van der Waals surface area contributed by atoms with E-state index in [1.54, 1.807) is 4.68 Å². The quantitative estimate of drug-likeness (QED) is 0.737. The van der Waals surface area contributed by atoms with Crippen LogP contribution in [0.3, 0.4) is 0 Å². The van der Waals surface area contributed by atoms with Crippen LogP contribution in [0.25, 0.3) is 21.9 Å². The van der Waals surface area contributed by atoms with Crippen molar-refractivity contribution in [1.29, 1.82) is 0 Å². The van der Waals surface area contributed by atoms with Gasteiger partial charge in [-0.3, -0.25) is 9.48 Å². The van der Waals surface area contributed by atoms with Gasteiger partial charge in [-0.05, 0) is 51.9 Å². The Labute approximate surface area is 147 Å². The van der Waals surface area contributed by atoms with Crippen LogP contribution >= 0.6 is 0 Å². The maximum atomic E-state index is 12.9. The molecule has 25 heavy (non-hydrogen) atoms. The normalized spacial score (nSPS) is 19.1. The van der Waals surface area contributed by atoms with Crippen molar-refractivity contribution in [3.05, 3.63) is 40.2 Å². The first-order chi connectivity index (χ1) is 12.1. The summed E-state index contributed by atoms with van der Waals surface area (Å²) in [5, 5.41) is 5.16. The molecule has 0 spiro atoms. The summed E-state index contributed by atoms with van der Waals surface area (Å²) in [6.45, 7) is 4.14. The Morgan fingerprint density at radius 2 is 2.04 bits per heavy atom. The van der Waals surface area contributed by atoms with Gasteiger partial charge in [0.25, 0.3) is 0 Å². The summed E-state index contributed by atoms with van der Waals surface area (Å²) in [6, 6.07) is 6.81. The monoisotopic (exact) mass is 338 g/mol. The van der Waals surface area contributed by atoms with Gasteiger partial charge in [0.05, 0.1) is 17.2 Å². The fraction of sp³-hybridized carbons (Fsp3) is 0.500. The van der Waals surface area contributed by atoms with E-state index in [0.29, 0.717) is 11.6 Å². The lowest BCUT2D eigenvalue weighted by Crippen LogP contribution is -2.36. The molecule has 132 valence electrons. The van der Waals surface area contributed by atoms with Crippen molar-refractivity contribution >= 4 is 21.9 Å². The first-order valence-electron chi connectivity index (χ1n) is 9.21. The number of likely N-dealkylation sites (tertiary alicyclic amines) is 1. The molecule has 5 heteroatoms. The lowest BCUT2D eigenvalue weighted by molar-refractivity contribution is 0.172. The molecule has 4 rings (SSSR count). The Balaban J connectivity index is 1.83. The molecule has 3 aromatic rings.